The van der Waals surface area contributed by atoms with Gasteiger partial charge < -0.3 is 0 Å². The molecule has 0 aromatic rings. The van der Waals surface area contributed by atoms with Crippen molar-refractivity contribution in [1.29, 1.82) is 0 Å². The molecule has 1 rings (SSSR count). The van der Waals surface area contributed by atoms with Crippen molar-refractivity contribution < 1.29 is 0 Å². The summed E-state index contributed by atoms with van der Waals surface area (Å²) in [6.45, 7) is -0.136. The Morgan fingerprint density at radius 3 is 2.20 bits per heavy atom. The topological polar surface area (TPSA) is 0 Å². The lowest BCUT2D eigenvalue weighted by Crippen LogP contribution is -2.46. The monoisotopic (exact) mass is 216 g/mol. The molecule has 0 aromatic carbocycles. The van der Waals surface area contributed by atoms with Gasteiger partial charge in [-0.1, -0.05) is 12.8 Å². The third-order valence-electron chi connectivity index (χ3n) is 2.15. The number of hydrogen-bond acceptors (Lipinski definition) is 0. The van der Waals surface area contributed by atoms with Crippen molar-refractivity contribution in [1.82, 2.24) is 0 Å². The third kappa shape index (κ3) is 1.63. The molecule has 0 spiro atoms. The first-order valence-corrected chi connectivity index (χ1v) is 8.13. The van der Waals surface area contributed by atoms with E-state index in [4.69, 9.17) is 33.8 Å². The van der Waals surface area contributed by atoms with E-state index in [0.717, 1.165) is 18.9 Å². The quantitative estimate of drug-likeness (QED) is 0.330. The number of rotatable bonds is 0. The molecule has 1 heterocycles. The van der Waals surface area contributed by atoms with Gasteiger partial charge in [-0.2, -0.15) is 0 Å². The van der Waals surface area contributed by atoms with Gasteiger partial charge >= 0.3 is 0 Å². The van der Waals surface area contributed by atoms with Crippen LogP contribution in [0.2, 0.25) is 6.04 Å². The molecule has 1 aliphatic rings. The van der Waals surface area contributed by atoms with Crippen LogP contribution >= 0.6 is 33.8 Å². The van der Waals surface area contributed by atoms with Gasteiger partial charge in [-0.3, -0.25) is 0 Å². The van der Waals surface area contributed by atoms with Crippen LogP contribution in [-0.2, 0) is 0 Å². The molecule has 1 atom stereocenters. The molecule has 0 amide bonds. The molecule has 10 heavy (non-hydrogen) atoms. The molecule has 0 aromatic heterocycles. The Kier molecular flexibility index (Phi) is 2.62. The van der Waals surface area contributed by atoms with Gasteiger partial charge in [0.05, 0.1) is 4.50 Å². The van der Waals surface area contributed by atoms with E-state index >= 15 is 0 Å². The number of halogens is 3. The van der Waals surface area contributed by atoms with Crippen LogP contribution in [0.3, 0.4) is 0 Å². The molecular weight excluding hydrogens is 207 g/mol. The summed E-state index contributed by atoms with van der Waals surface area (Å²) in [4.78, 5) is 0. The summed E-state index contributed by atoms with van der Waals surface area (Å²) in [5.74, 6) is 0. The Morgan fingerprint density at radius 2 is 1.90 bits per heavy atom. The Labute approximate surface area is 77.3 Å². The zero-order valence-corrected chi connectivity index (χ0v) is 9.23. The van der Waals surface area contributed by atoms with Crippen LogP contribution in [0, 0.1) is 0 Å². The summed E-state index contributed by atoms with van der Waals surface area (Å²) in [6.07, 6.45) is 3.31. The first kappa shape index (κ1) is 9.18. The van der Waals surface area contributed by atoms with Crippen molar-refractivity contribution >= 4 is 40.5 Å². The van der Waals surface area contributed by atoms with Gasteiger partial charge in [0, 0.05) is 0 Å². The summed E-state index contributed by atoms with van der Waals surface area (Å²) < 4.78 is -0.283. The number of hydrogen-bond donors (Lipinski definition) is 0. The van der Waals surface area contributed by atoms with Gasteiger partial charge in [-0.25, -0.2) is 0 Å². The number of alkyl halides is 1. The minimum atomic E-state index is -2.11. The zero-order chi connectivity index (χ0) is 7.83. The molecule has 1 unspecified atom stereocenters. The van der Waals surface area contributed by atoms with E-state index < -0.39 is 6.69 Å². The maximum absolute atomic E-state index is 6.16. The van der Waals surface area contributed by atoms with E-state index in [1.54, 1.807) is 0 Å². The first-order chi connectivity index (χ1) is 4.46. The van der Waals surface area contributed by atoms with Gasteiger partial charge in [-0.15, -0.1) is 33.8 Å². The van der Waals surface area contributed by atoms with Gasteiger partial charge in [0.1, 0.15) is 0 Å². The molecule has 0 N–H and O–H groups in total. The Bertz CT molecular complexity index is 117. The maximum Gasteiger partial charge on any atom is 0.271 e. The van der Waals surface area contributed by atoms with E-state index in [0.29, 0.717) is 0 Å². The highest BCUT2D eigenvalue weighted by Gasteiger charge is 2.49. The van der Waals surface area contributed by atoms with Crippen LogP contribution in [0.25, 0.3) is 0 Å². The molecule has 0 nitrogen and oxygen atoms in total. The van der Waals surface area contributed by atoms with Gasteiger partial charge in [0.2, 0.25) is 0 Å². The maximum atomic E-state index is 6.16. The van der Waals surface area contributed by atoms with Gasteiger partial charge in [0.25, 0.3) is 6.69 Å². The summed E-state index contributed by atoms with van der Waals surface area (Å²) in [5, 5.41) is 0. The van der Waals surface area contributed by atoms with Crippen LogP contribution in [0.5, 0.6) is 0 Å². The fourth-order valence-electron chi connectivity index (χ4n) is 1.25. The Hall–Kier alpha value is 1.09. The average molecular weight is 218 g/mol. The summed E-state index contributed by atoms with van der Waals surface area (Å²) in [5.41, 5.74) is 0. The van der Waals surface area contributed by atoms with Crippen molar-refractivity contribution in [3.8, 4) is 0 Å². The predicted octanol–water partition coefficient (Wildman–Crippen LogP) is 3.63. The van der Waals surface area contributed by atoms with Crippen LogP contribution in [0.15, 0.2) is 0 Å². The molecule has 0 saturated carbocycles. The summed E-state index contributed by atoms with van der Waals surface area (Å²) in [7, 11) is 0. The molecule has 0 bridgehead atoms. The van der Waals surface area contributed by atoms with E-state index in [-0.39, 0.29) is 4.50 Å². The molecule has 60 valence electrons. The minimum Gasteiger partial charge on any atom is -0.144 e. The predicted molar refractivity (Wildman–Crippen MR) is 50.4 cm³/mol. The van der Waals surface area contributed by atoms with Crippen molar-refractivity contribution in [2.24, 2.45) is 0 Å². The molecule has 1 saturated heterocycles. The minimum absolute atomic E-state index is 0.283. The standard InChI is InChI=1S/C6H11Cl3Si/c1-6(7)4-2-3-5-10(6,8)9/h2-5H2,1H3. The van der Waals surface area contributed by atoms with E-state index in [1.807, 2.05) is 6.92 Å². The van der Waals surface area contributed by atoms with Crippen molar-refractivity contribution in [3.05, 3.63) is 0 Å². The average Bonchev–Trinajstić information content (AvgIpc) is 1.77. The fraction of sp³-hybridized carbons (Fsp3) is 1.00. The van der Waals surface area contributed by atoms with Crippen LogP contribution in [-0.4, -0.2) is 11.2 Å². The van der Waals surface area contributed by atoms with Crippen LogP contribution < -0.4 is 0 Å². The van der Waals surface area contributed by atoms with Crippen LogP contribution in [0.4, 0.5) is 0 Å². The normalized spacial score (nSPS) is 39.6. The largest absolute Gasteiger partial charge is 0.271 e. The molecule has 4 heteroatoms. The molecule has 1 fully saturated rings. The zero-order valence-electron chi connectivity index (χ0n) is 5.96. The fourth-order valence-corrected chi connectivity index (χ4v) is 4.79. The van der Waals surface area contributed by atoms with Crippen molar-refractivity contribution in [2.45, 2.75) is 36.7 Å². The van der Waals surface area contributed by atoms with Gasteiger partial charge in [0.15, 0.2) is 0 Å². The van der Waals surface area contributed by atoms with Crippen molar-refractivity contribution in [3.63, 3.8) is 0 Å². The Balaban J connectivity index is 2.70. The second-order valence-corrected chi connectivity index (χ2v) is 11.7. The first-order valence-electron chi connectivity index (χ1n) is 3.52. The lowest BCUT2D eigenvalue weighted by atomic mass is 10.2. The lowest BCUT2D eigenvalue weighted by molar-refractivity contribution is 0.620. The Morgan fingerprint density at radius 1 is 1.30 bits per heavy atom. The second kappa shape index (κ2) is 2.85. The van der Waals surface area contributed by atoms with Crippen molar-refractivity contribution in [2.75, 3.05) is 0 Å². The molecule has 1 aliphatic heterocycles. The highest BCUT2D eigenvalue weighted by Crippen LogP contribution is 2.45. The molecule has 0 aliphatic carbocycles. The molecule has 0 radical (unpaired) electrons. The van der Waals surface area contributed by atoms with E-state index in [9.17, 15) is 0 Å². The molecular formula is C6H11Cl3Si. The van der Waals surface area contributed by atoms with Crippen LogP contribution in [0.1, 0.15) is 26.2 Å². The summed E-state index contributed by atoms with van der Waals surface area (Å²) in [6, 6.07) is 0.954. The lowest BCUT2D eigenvalue weighted by Gasteiger charge is -2.36. The highest BCUT2D eigenvalue weighted by molar-refractivity contribution is 7.48. The SMILES string of the molecule is CC1(Cl)CCCC[Si]1(Cl)Cl. The highest BCUT2D eigenvalue weighted by atomic mass is 35.7. The second-order valence-electron chi connectivity index (χ2n) is 3.11. The van der Waals surface area contributed by atoms with E-state index in [1.165, 1.54) is 6.42 Å². The summed E-state index contributed by atoms with van der Waals surface area (Å²) >= 11 is 18.4. The van der Waals surface area contributed by atoms with E-state index in [2.05, 4.69) is 0 Å². The smallest absolute Gasteiger partial charge is 0.144 e. The third-order valence-corrected chi connectivity index (χ3v) is 10.3. The van der Waals surface area contributed by atoms with Gasteiger partial charge in [-0.05, 0) is 19.4 Å².